The molecule has 0 bridgehead atoms. The van der Waals surface area contributed by atoms with Crippen molar-refractivity contribution in [2.75, 3.05) is 5.32 Å². The van der Waals surface area contributed by atoms with Gasteiger partial charge in [0.1, 0.15) is 0 Å². The number of para-hydroxylation sites is 1. The Hall–Kier alpha value is -1.61. The molecule has 1 amide bonds. The molecule has 1 aliphatic rings. The van der Waals surface area contributed by atoms with E-state index in [4.69, 9.17) is 0 Å². The number of thiophene rings is 1. The minimum atomic E-state index is -0.317. The summed E-state index contributed by atoms with van der Waals surface area (Å²) in [5.41, 5.74) is 2.92. The predicted octanol–water partition coefficient (Wildman–Crippen LogP) is 4.82. The summed E-state index contributed by atoms with van der Waals surface area (Å²) < 4.78 is 0. The number of carbonyl (C=O) groups is 1. The highest BCUT2D eigenvalue weighted by Gasteiger charge is 2.43. The number of benzene rings is 1. The molecular weight excluding hydrogens is 278 g/mol. The smallest absolute Gasteiger partial charge is 0.235 e. The molecule has 2 aromatic rings. The van der Waals surface area contributed by atoms with Crippen LogP contribution < -0.4 is 5.32 Å². The summed E-state index contributed by atoms with van der Waals surface area (Å²) in [5, 5.41) is 5.29. The molecule has 0 aliphatic heterocycles. The van der Waals surface area contributed by atoms with Crippen molar-refractivity contribution >= 4 is 22.9 Å². The first-order chi connectivity index (χ1) is 10.1. The average molecular weight is 299 g/mol. The molecule has 1 aliphatic carbocycles. The summed E-state index contributed by atoms with van der Waals surface area (Å²) in [7, 11) is 0. The van der Waals surface area contributed by atoms with E-state index >= 15 is 0 Å². The second kappa shape index (κ2) is 5.64. The van der Waals surface area contributed by atoms with Gasteiger partial charge in [0, 0.05) is 10.6 Å². The maximum atomic E-state index is 13.0. The Bertz CT molecular complexity index is 619. The molecule has 110 valence electrons. The van der Waals surface area contributed by atoms with Crippen LogP contribution in [0.15, 0.2) is 35.7 Å². The molecule has 0 spiro atoms. The maximum absolute atomic E-state index is 13.0. The van der Waals surface area contributed by atoms with Crippen molar-refractivity contribution in [3.8, 4) is 0 Å². The van der Waals surface area contributed by atoms with Gasteiger partial charge in [-0.3, -0.25) is 4.79 Å². The van der Waals surface area contributed by atoms with Gasteiger partial charge >= 0.3 is 0 Å². The van der Waals surface area contributed by atoms with Gasteiger partial charge in [-0.25, -0.2) is 0 Å². The SMILES string of the molecule is Cc1cccc(C)c1NC(=O)C1(c2cccs2)CCCC1. The maximum Gasteiger partial charge on any atom is 0.235 e. The summed E-state index contributed by atoms with van der Waals surface area (Å²) >= 11 is 1.71. The second-order valence-corrected chi connectivity index (χ2v) is 6.94. The third kappa shape index (κ3) is 2.51. The molecule has 0 atom stereocenters. The zero-order chi connectivity index (χ0) is 14.9. The number of rotatable bonds is 3. The van der Waals surface area contributed by atoms with Gasteiger partial charge in [0.15, 0.2) is 0 Å². The first kappa shape index (κ1) is 14.3. The Morgan fingerprint density at radius 1 is 1.10 bits per heavy atom. The second-order valence-electron chi connectivity index (χ2n) is 5.99. The first-order valence-corrected chi connectivity index (χ1v) is 8.43. The van der Waals surface area contributed by atoms with Gasteiger partial charge in [-0.1, -0.05) is 37.1 Å². The number of hydrogen-bond acceptors (Lipinski definition) is 2. The Kier molecular flexibility index (Phi) is 3.85. The van der Waals surface area contributed by atoms with Gasteiger partial charge in [-0.15, -0.1) is 11.3 Å². The van der Waals surface area contributed by atoms with Crippen LogP contribution in [0.25, 0.3) is 0 Å². The standard InChI is InChI=1S/C18H21NOS/c1-13-7-5-8-14(2)16(13)19-17(20)18(10-3-4-11-18)15-9-6-12-21-15/h5-9,12H,3-4,10-11H2,1-2H3,(H,19,20). The van der Waals surface area contributed by atoms with Gasteiger partial charge < -0.3 is 5.32 Å². The van der Waals surface area contributed by atoms with Gasteiger partial charge in [0.25, 0.3) is 0 Å². The van der Waals surface area contributed by atoms with Crippen LogP contribution in [0.1, 0.15) is 41.7 Å². The third-order valence-electron chi connectivity index (χ3n) is 4.60. The molecule has 2 nitrogen and oxygen atoms in total. The van der Waals surface area contributed by atoms with Crippen molar-refractivity contribution in [2.45, 2.75) is 44.9 Å². The predicted molar refractivity (Wildman–Crippen MR) is 89.0 cm³/mol. The normalized spacial score (nSPS) is 16.9. The van der Waals surface area contributed by atoms with E-state index in [2.05, 4.69) is 42.7 Å². The van der Waals surface area contributed by atoms with Crippen molar-refractivity contribution in [1.29, 1.82) is 0 Å². The lowest BCUT2D eigenvalue weighted by atomic mass is 9.83. The third-order valence-corrected chi connectivity index (χ3v) is 5.68. The van der Waals surface area contributed by atoms with E-state index < -0.39 is 0 Å². The zero-order valence-corrected chi connectivity index (χ0v) is 13.4. The fourth-order valence-electron chi connectivity index (χ4n) is 3.36. The van der Waals surface area contributed by atoms with Crippen LogP contribution >= 0.6 is 11.3 Å². The van der Waals surface area contributed by atoms with Crippen molar-refractivity contribution < 1.29 is 4.79 Å². The molecule has 3 rings (SSSR count). The Balaban J connectivity index is 1.93. The van der Waals surface area contributed by atoms with Crippen molar-refractivity contribution in [3.05, 3.63) is 51.7 Å². The number of amides is 1. The van der Waals surface area contributed by atoms with Gasteiger partial charge in [0.2, 0.25) is 5.91 Å². The minimum absolute atomic E-state index is 0.167. The van der Waals surface area contributed by atoms with Crippen LogP contribution in [-0.4, -0.2) is 5.91 Å². The van der Waals surface area contributed by atoms with Crippen LogP contribution in [0.3, 0.4) is 0 Å². The Morgan fingerprint density at radius 2 is 1.76 bits per heavy atom. The molecule has 1 fully saturated rings. The molecule has 1 aromatic carbocycles. The van der Waals surface area contributed by atoms with E-state index in [1.165, 1.54) is 4.88 Å². The number of carbonyl (C=O) groups excluding carboxylic acids is 1. The lowest BCUT2D eigenvalue weighted by molar-refractivity contribution is -0.121. The molecule has 1 saturated carbocycles. The molecule has 21 heavy (non-hydrogen) atoms. The molecule has 3 heteroatoms. The highest BCUT2D eigenvalue weighted by Crippen LogP contribution is 2.44. The summed E-state index contributed by atoms with van der Waals surface area (Å²) in [5.74, 6) is 0.167. The molecule has 1 heterocycles. The van der Waals surface area contributed by atoms with Crippen LogP contribution in [0, 0.1) is 13.8 Å². The average Bonchev–Trinajstić information content (AvgIpc) is 3.13. The molecule has 0 saturated heterocycles. The minimum Gasteiger partial charge on any atom is -0.325 e. The summed E-state index contributed by atoms with van der Waals surface area (Å²) in [6, 6.07) is 10.3. The van der Waals surface area contributed by atoms with Crippen LogP contribution in [-0.2, 0) is 10.2 Å². The Labute approximate surface area is 130 Å². The van der Waals surface area contributed by atoms with Crippen LogP contribution in [0.2, 0.25) is 0 Å². The van der Waals surface area contributed by atoms with Crippen LogP contribution in [0.4, 0.5) is 5.69 Å². The van der Waals surface area contributed by atoms with Crippen molar-refractivity contribution in [1.82, 2.24) is 0 Å². The number of aryl methyl sites for hydroxylation is 2. The molecule has 1 N–H and O–H groups in total. The van der Waals surface area contributed by atoms with Gasteiger partial charge in [-0.05, 0) is 49.3 Å². The molecule has 0 radical (unpaired) electrons. The van der Waals surface area contributed by atoms with E-state index in [0.717, 1.165) is 42.5 Å². The van der Waals surface area contributed by atoms with E-state index in [9.17, 15) is 4.79 Å². The lowest BCUT2D eigenvalue weighted by Gasteiger charge is -2.27. The molecule has 1 aromatic heterocycles. The Morgan fingerprint density at radius 3 is 2.33 bits per heavy atom. The largest absolute Gasteiger partial charge is 0.325 e. The lowest BCUT2D eigenvalue weighted by Crippen LogP contribution is -2.37. The van der Waals surface area contributed by atoms with E-state index in [-0.39, 0.29) is 11.3 Å². The van der Waals surface area contributed by atoms with Crippen molar-refractivity contribution in [3.63, 3.8) is 0 Å². The highest BCUT2D eigenvalue weighted by molar-refractivity contribution is 7.10. The van der Waals surface area contributed by atoms with E-state index in [1.54, 1.807) is 11.3 Å². The first-order valence-electron chi connectivity index (χ1n) is 7.55. The van der Waals surface area contributed by atoms with Crippen molar-refractivity contribution in [2.24, 2.45) is 0 Å². The quantitative estimate of drug-likeness (QED) is 0.865. The fraction of sp³-hybridized carbons (Fsp3) is 0.389. The summed E-state index contributed by atoms with van der Waals surface area (Å²) in [6.45, 7) is 4.10. The number of nitrogens with one attached hydrogen (secondary N) is 1. The summed E-state index contributed by atoms with van der Waals surface area (Å²) in [6.07, 6.45) is 4.20. The fourth-order valence-corrected chi connectivity index (χ4v) is 4.34. The highest BCUT2D eigenvalue weighted by atomic mass is 32.1. The number of anilines is 1. The van der Waals surface area contributed by atoms with Gasteiger partial charge in [-0.2, -0.15) is 0 Å². The molecule has 0 unspecified atom stereocenters. The zero-order valence-electron chi connectivity index (χ0n) is 12.6. The topological polar surface area (TPSA) is 29.1 Å². The molecular formula is C18H21NOS. The summed E-state index contributed by atoms with van der Waals surface area (Å²) in [4.78, 5) is 14.2. The van der Waals surface area contributed by atoms with Gasteiger partial charge in [0.05, 0.1) is 5.41 Å². The van der Waals surface area contributed by atoms with Crippen LogP contribution in [0.5, 0.6) is 0 Å². The monoisotopic (exact) mass is 299 g/mol. The number of hydrogen-bond donors (Lipinski definition) is 1. The van der Waals surface area contributed by atoms with E-state index in [1.807, 2.05) is 12.1 Å². The van der Waals surface area contributed by atoms with E-state index in [0.29, 0.717) is 0 Å².